The summed E-state index contributed by atoms with van der Waals surface area (Å²) in [5.41, 5.74) is 6.26. The van der Waals surface area contributed by atoms with E-state index in [4.69, 9.17) is 10.1 Å². The summed E-state index contributed by atoms with van der Waals surface area (Å²) in [4.78, 5) is 14.3. The van der Waals surface area contributed by atoms with Gasteiger partial charge in [-0.15, -0.1) is 0 Å². The number of hydrogen-bond acceptors (Lipinski definition) is 7. The third-order valence-electron chi connectivity index (χ3n) is 9.85. The second-order valence-electron chi connectivity index (χ2n) is 13.0. The number of sulfone groups is 1. The Kier molecular flexibility index (Phi) is 8.57. The Morgan fingerprint density at radius 3 is 1.86 bits per heavy atom. The van der Waals surface area contributed by atoms with Crippen LogP contribution in [0.2, 0.25) is 0 Å². The van der Waals surface area contributed by atoms with Gasteiger partial charge in [0.05, 0.1) is 22.3 Å². The molecule has 9 heteroatoms. The van der Waals surface area contributed by atoms with E-state index in [1.165, 1.54) is 6.26 Å². The molecule has 5 aromatic carbocycles. The van der Waals surface area contributed by atoms with E-state index in [9.17, 15) is 8.42 Å². The fourth-order valence-corrected chi connectivity index (χ4v) is 8.37. The fourth-order valence-electron chi connectivity index (χ4n) is 7.47. The number of para-hydroxylation sites is 1. The van der Waals surface area contributed by atoms with E-state index in [-0.39, 0.29) is 0 Å². The Morgan fingerprint density at radius 1 is 0.627 bits per heavy atom. The van der Waals surface area contributed by atoms with Gasteiger partial charge in [0.25, 0.3) is 0 Å². The number of hydrogen-bond donors (Lipinski definition) is 0. The van der Waals surface area contributed by atoms with Gasteiger partial charge in [-0.25, -0.2) is 18.4 Å². The maximum absolute atomic E-state index is 12.6. The molecule has 1 fully saturated rings. The van der Waals surface area contributed by atoms with E-state index >= 15 is 0 Å². The molecule has 0 radical (unpaired) electrons. The van der Waals surface area contributed by atoms with Crippen molar-refractivity contribution in [3.05, 3.63) is 169 Å². The molecule has 0 saturated carbocycles. The molecule has 3 heterocycles. The van der Waals surface area contributed by atoms with Crippen LogP contribution >= 0.6 is 0 Å². The van der Waals surface area contributed by atoms with Crippen LogP contribution in [0.1, 0.15) is 23.1 Å². The molecule has 8 nitrogen and oxygen atoms in total. The van der Waals surface area contributed by atoms with E-state index in [2.05, 4.69) is 117 Å². The first kappa shape index (κ1) is 32.4. The van der Waals surface area contributed by atoms with E-state index in [0.717, 1.165) is 69.7 Å². The molecular formula is C42H38N6O2S. The zero-order chi connectivity index (χ0) is 34.8. The molecule has 51 heavy (non-hydrogen) atoms. The van der Waals surface area contributed by atoms with E-state index < -0.39 is 15.4 Å². The number of rotatable bonds is 8. The highest BCUT2D eigenvalue weighted by atomic mass is 32.2. The first-order valence-corrected chi connectivity index (χ1v) is 19.1. The molecule has 0 spiro atoms. The van der Waals surface area contributed by atoms with Gasteiger partial charge in [0.15, 0.2) is 9.84 Å². The summed E-state index contributed by atoms with van der Waals surface area (Å²) < 4.78 is 27.2. The van der Waals surface area contributed by atoms with Gasteiger partial charge < -0.3 is 9.80 Å². The van der Waals surface area contributed by atoms with Crippen LogP contribution in [-0.2, 0) is 15.4 Å². The number of anilines is 2. The van der Waals surface area contributed by atoms with Gasteiger partial charge in [0.1, 0.15) is 17.7 Å². The van der Waals surface area contributed by atoms with Gasteiger partial charge in [0, 0.05) is 49.6 Å². The van der Waals surface area contributed by atoms with Crippen LogP contribution in [0.4, 0.5) is 11.5 Å². The van der Waals surface area contributed by atoms with Crippen LogP contribution in [0.3, 0.4) is 0 Å². The van der Waals surface area contributed by atoms with Crippen molar-refractivity contribution in [1.82, 2.24) is 19.7 Å². The second kappa shape index (κ2) is 13.5. The van der Waals surface area contributed by atoms with Crippen LogP contribution < -0.4 is 9.80 Å². The Hall–Kier alpha value is -5.80. The van der Waals surface area contributed by atoms with Gasteiger partial charge in [-0.2, -0.15) is 5.10 Å². The minimum atomic E-state index is -3.36. The van der Waals surface area contributed by atoms with Gasteiger partial charge in [0.2, 0.25) is 0 Å². The van der Waals surface area contributed by atoms with Crippen molar-refractivity contribution in [3.8, 4) is 11.1 Å². The molecule has 0 N–H and O–H groups in total. The van der Waals surface area contributed by atoms with E-state index in [1.807, 2.05) is 36.5 Å². The third kappa shape index (κ3) is 6.04. The van der Waals surface area contributed by atoms with Gasteiger partial charge in [-0.1, -0.05) is 109 Å². The third-order valence-corrected chi connectivity index (χ3v) is 11.0. The highest BCUT2D eigenvalue weighted by Crippen LogP contribution is 2.41. The van der Waals surface area contributed by atoms with Crippen molar-refractivity contribution >= 4 is 32.2 Å². The quantitative estimate of drug-likeness (QED) is 0.153. The molecule has 0 amide bonds. The predicted octanol–water partition coefficient (Wildman–Crippen LogP) is 7.45. The number of benzene rings is 5. The molecule has 0 aliphatic carbocycles. The molecule has 2 aromatic heterocycles. The fraction of sp³-hybridized carbons (Fsp3) is 0.167. The van der Waals surface area contributed by atoms with Crippen molar-refractivity contribution < 1.29 is 8.42 Å². The summed E-state index contributed by atoms with van der Waals surface area (Å²) >= 11 is 0. The zero-order valence-corrected chi connectivity index (χ0v) is 29.2. The second-order valence-corrected chi connectivity index (χ2v) is 15.0. The highest BCUT2D eigenvalue weighted by molar-refractivity contribution is 7.90. The topological polar surface area (TPSA) is 84.2 Å². The molecule has 1 aliphatic rings. The van der Waals surface area contributed by atoms with Gasteiger partial charge in [-0.05, 0) is 52.9 Å². The highest BCUT2D eigenvalue weighted by Gasteiger charge is 2.39. The number of fused-ring (bicyclic) bond motifs is 1. The lowest BCUT2D eigenvalue weighted by Gasteiger charge is -2.36. The largest absolute Gasteiger partial charge is 0.369 e. The van der Waals surface area contributed by atoms with Crippen molar-refractivity contribution in [2.75, 3.05) is 42.2 Å². The Balaban J connectivity index is 1.18. The lowest BCUT2D eigenvalue weighted by atomic mass is 9.77. The predicted molar refractivity (Wildman–Crippen MR) is 204 cm³/mol. The van der Waals surface area contributed by atoms with Crippen LogP contribution in [0, 0.1) is 0 Å². The minimum Gasteiger partial charge on any atom is -0.369 e. The normalized spacial score (nSPS) is 14.1. The van der Waals surface area contributed by atoms with Crippen molar-refractivity contribution in [2.24, 2.45) is 0 Å². The summed E-state index contributed by atoms with van der Waals surface area (Å²) in [5.74, 6) is 0.875. The average Bonchev–Trinajstić information content (AvgIpc) is 3.54. The van der Waals surface area contributed by atoms with Crippen LogP contribution in [0.15, 0.2) is 157 Å². The van der Waals surface area contributed by atoms with Crippen molar-refractivity contribution in [3.63, 3.8) is 0 Å². The molecule has 1 saturated heterocycles. The van der Waals surface area contributed by atoms with Crippen LogP contribution in [0.25, 0.3) is 22.0 Å². The van der Waals surface area contributed by atoms with E-state index in [1.54, 1.807) is 18.5 Å². The van der Waals surface area contributed by atoms with Gasteiger partial charge >= 0.3 is 0 Å². The monoisotopic (exact) mass is 690 g/mol. The molecule has 0 bridgehead atoms. The average molecular weight is 691 g/mol. The first-order chi connectivity index (χ1) is 24.9. The molecular weight excluding hydrogens is 653 g/mol. The summed E-state index contributed by atoms with van der Waals surface area (Å²) in [7, 11) is -3.36. The molecule has 0 atom stereocenters. The SMILES string of the molecule is CS(=O)(=O)c1ccccc1N1CCCN(c2ncnc3ccc(-c4cnn(C(c5ccccc5)(c5ccccc5)c5ccccc5)c4)cc23)CC1. The molecule has 7 aromatic rings. The van der Waals surface area contributed by atoms with Crippen LogP contribution in [-0.4, -0.2) is 60.6 Å². The summed E-state index contributed by atoms with van der Waals surface area (Å²) in [6, 6.07) is 45.2. The molecule has 0 unspecified atom stereocenters. The Morgan fingerprint density at radius 2 is 1.22 bits per heavy atom. The lowest BCUT2D eigenvalue weighted by Crippen LogP contribution is -2.38. The maximum Gasteiger partial charge on any atom is 0.177 e. The van der Waals surface area contributed by atoms with Crippen LogP contribution in [0.5, 0.6) is 0 Å². The molecule has 1 aliphatic heterocycles. The standard InChI is InChI=1S/C42H38N6O2S/c1-51(49,50)40-21-12-11-20-39(40)46-24-13-25-47(27-26-46)41-37-28-32(22-23-38(37)43-31-44-41)33-29-45-48(30-33)42(34-14-5-2-6-15-34,35-16-7-3-8-17-35)36-18-9-4-10-19-36/h2-12,14-23,28-31H,13,24-27H2,1H3. The zero-order valence-electron chi connectivity index (χ0n) is 28.4. The smallest absolute Gasteiger partial charge is 0.177 e. The van der Waals surface area contributed by atoms with Crippen molar-refractivity contribution in [1.29, 1.82) is 0 Å². The summed E-state index contributed by atoms with van der Waals surface area (Å²) in [6.07, 6.45) is 7.84. The van der Waals surface area contributed by atoms with Gasteiger partial charge in [-0.3, -0.25) is 4.68 Å². The first-order valence-electron chi connectivity index (χ1n) is 17.2. The van der Waals surface area contributed by atoms with Crippen molar-refractivity contribution in [2.45, 2.75) is 16.9 Å². The summed E-state index contributed by atoms with van der Waals surface area (Å²) in [6.45, 7) is 2.91. The Labute approximate surface area is 298 Å². The molecule has 254 valence electrons. The maximum atomic E-state index is 12.6. The van der Waals surface area contributed by atoms with E-state index in [0.29, 0.717) is 18.0 Å². The number of aromatic nitrogens is 4. The molecule has 8 rings (SSSR count). The number of nitrogens with zero attached hydrogens (tertiary/aromatic N) is 6. The minimum absolute atomic E-state index is 0.368. The lowest BCUT2D eigenvalue weighted by molar-refractivity contribution is 0.460. The Bertz CT molecular complexity index is 2300. The summed E-state index contributed by atoms with van der Waals surface area (Å²) in [5, 5.41) is 6.05.